The van der Waals surface area contributed by atoms with Gasteiger partial charge >= 0.3 is 5.69 Å². The van der Waals surface area contributed by atoms with Crippen molar-refractivity contribution in [1.82, 2.24) is 15.3 Å². The number of hydrogen-bond donors (Lipinski definition) is 2. The summed E-state index contributed by atoms with van der Waals surface area (Å²) in [6, 6.07) is 0. The van der Waals surface area contributed by atoms with Crippen LogP contribution in [0.2, 0.25) is 0 Å². The van der Waals surface area contributed by atoms with Crippen LogP contribution in [0, 0.1) is 0 Å². The topological polar surface area (TPSA) is 57.8 Å². The molecule has 2 heterocycles. The fourth-order valence-corrected chi connectivity index (χ4v) is 1.70. The molecular weight excluding hydrogens is 166 g/mol. The van der Waals surface area contributed by atoms with Crippen LogP contribution in [0.5, 0.6) is 0 Å². The Morgan fingerprint density at radius 1 is 1.38 bits per heavy atom. The van der Waals surface area contributed by atoms with Gasteiger partial charge in [0.15, 0.2) is 0 Å². The van der Waals surface area contributed by atoms with E-state index in [-0.39, 0.29) is 5.69 Å². The zero-order valence-corrected chi connectivity index (χ0v) is 7.85. The number of nitrogens with one attached hydrogen (secondary N) is 2. The van der Waals surface area contributed by atoms with Crippen LogP contribution in [0.25, 0.3) is 0 Å². The number of H-pyrrole nitrogens is 1. The lowest BCUT2D eigenvalue weighted by molar-refractivity contribution is 0.746. The van der Waals surface area contributed by atoms with Gasteiger partial charge in [0.05, 0.1) is 5.69 Å². The summed E-state index contributed by atoms with van der Waals surface area (Å²) in [5.41, 5.74) is 2.88. The highest BCUT2D eigenvalue weighted by Gasteiger charge is 2.18. The number of fused-ring (bicyclic) bond motifs is 1. The van der Waals surface area contributed by atoms with Crippen LogP contribution < -0.4 is 11.0 Å². The molecule has 0 saturated carbocycles. The van der Waals surface area contributed by atoms with Crippen LogP contribution in [0.4, 0.5) is 0 Å². The van der Waals surface area contributed by atoms with Crippen molar-refractivity contribution in [1.29, 1.82) is 0 Å². The molecule has 4 heteroatoms. The van der Waals surface area contributed by atoms with E-state index in [4.69, 9.17) is 0 Å². The minimum atomic E-state index is -0.230. The van der Waals surface area contributed by atoms with Gasteiger partial charge in [0.1, 0.15) is 0 Å². The van der Waals surface area contributed by atoms with E-state index >= 15 is 0 Å². The average Bonchev–Trinajstić information content (AvgIpc) is 2.49. The number of hydrogen-bond acceptors (Lipinski definition) is 3. The zero-order valence-electron chi connectivity index (χ0n) is 7.85. The third kappa shape index (κ3) is 1.37. The fourth-order valence-electron chi connectivity index (χ4n) is 1.70. The summed E-state index contributed by atoms with van der Waals surface area (Å²) >= 11 is 0. The van der Waals surface area contributed by atoms with Crippen LogP contribution in [-0.2, 0) is 13.1 Å². The molecule has 0 unspecified atom stereocenters. The predicted octanol–water partition coefficient (Wildman–Crippen LogP) is 0.497. The van der Waals surface area contributed by atoms with Crippen molar-refractivity contribution >= 4 is 0 Å². The van der Waals surface area contributed by atoms with Crippen LogP contribution in [0.15, 0.2) is 4.79 Å². The highest BCUT2D eigenvalue weighted by molar-refractivity contribution is 5.29. The van der Waals surface area contributed by atoms with Crippen molar-refractivity contribution in [3.8, 4) is 0 Å². The summed E-state index contributed by atoms with van der Waals surface area (Å²) in [7, 11) is 0. The largest absolute Gasteiger partial charge is 0.345 e. The second kappa shape index (κ2) is 2.96. The van der Waals surface area contributed by atoms with E-state index < -0.39 is 0 Å². The summed E-state index contributed by atoms with van der Waals surface area (Å²) in [6.07, 6.45) is 0. The molecule has 0 radical (unpaired) electrons. The van der Waals surface area contributed by atoms with Crippen molar-refractivity contribution in [3.05, 3.63) is 27.4 Å². The van der Waals surface area contributed by atoms with Gasteiger partial charge in [0.2, 0.25) is 0 Å². The number of aromatic amines is 1. The van der Waals surface area contributed by atoms with E-state index in [9.17, 15) is 4.79 Å². The van der Waals surface area contributed by atoms with Crippen molar-refractivity contribution in [2.75, 3.05) is 0 Å². The first-order valence-corrected chi connectivity index (χ1v) is 4.51. The van der Waals surface area contributed by atoms with Crippen LogP contribution >= 0.6 is 0 Å². The van der Waals surface area contributed by atoms with E-state index in [1.807, 2.05) is 0 Å². The maximum Gasteiger partial charge on any atom is 0.345 e. The summed E-state index contributed by atoms with van der Waals surface area (Å²) in [5.74, 6) is 0.316. The van der Waals surface area contributed by atoms with Gasteiger partial charge < -0.3 is 10.3 Å². The average molecular weight is 179 g/mol. The molecule has 0 spiro atoms. The lowest BCUT2D eigenvalue weighted by Gasteiger charge is -2.08. The van der Waals surface area contributed by atoms with Crippen LogP contribution in [0.3, 0.4) is 0 Å². The third-order valence-corrected chi connectivity index (χ3v) is 2.30. The van der Waals surface area contributed by atoms with Crippen molar-refractivity contribution in [2.24, 2.45) is 0 Å². The predicted molar refractivity (Wildman–Crippen MR) is 49.5 cm³/mol. The molecule has 1 aromatic rings. The minimum absolute atomic E-state index is 0.230. The minimum Gasteiger partial charge on any atom is -0.308 e. The van der Waals surface area contributed by atoms with E-state index in [1.165, 1.54) is 5.56 Å². The van der Waals surface area contributed by atoms with E-state index in [1.54, 1.807) is 0 Å². The number of aromatic nitrogens is 2. The summed E-state index contributed by atoms with van der Waals surface area (Å²) in [5, 5.41) is 3.20. The molecule has 2 rings (SSSR count). The number of rotatable bonds is 1. The molecule has 0 amide bonds. The Kier molecular flexibility index (Phi) is 1.92. The maximum atomic E-state index is 11.2. The second-order valence-corrected chi connectivity index (χ2v) is 3.64. The van der Waals surface area contributed by atoms with E-state index in [0.717, 1.165) is 24.5 Å². The second-order valence-electron chi connectivity index (χ2n) is 3.64. The molecule has 13 heavy (non-hydrogen) atoms. The van der Waals surface area contributed by atoms with Gasteiger partial charge in [-0.1, -0.05) is 13.8 Å². The smallest absolute Gasteiger partial charge is 0.308 e. The lowest BCUT2D eigenvalue weighted by Crippen LogP contribution is -2.17. The summed E-state index contributed by atoms with van der Waals surface area (Å²) < 4.78 is 0. The van der Waals surface area contributed by atoms with Crippen LogP contribution in [0.1, 0.15) is 36.7 Å². The molecule has 2 N–H and O–H groups in total. The van der Waals surface area contributed by atoms with Gasteiger partial charge in [-0.2, -0.15) is 4.98 Å². The van der Waals surface area contributed by atoms with Gasteiger partial charge in [-0.05, 0) is 5.92 Å². The Hall–Kier alpha value is -1.16. The highest BCUT2D eigenvalue weighted by Crippen LogP contribution is 2.20. The quantitative estimate of drug-likeness (QED) is 0.660. The molecule has 1 aromatic heterocycles. The summed E-state index contributed by atoms with van der Waals surface area (Å²) in [4.78, 5) is 17.9. The molecule has 1 aliphatic heterocycles. The molecular formula is C9H13N3O. The Morgan fingerprint density at radius 2 is 2.15 bits per heavy atom. The first kappa shape index (κ1) is 8.44. The van der Waals surface area contributed by atoms with Crippen molar-refractivity contribution in [2.45, 2.75) is 32.9 Å². The van der Waals surface area contributed by atoms with Gasteiger partial charge in [0.25, 0.3) is 0 Å². The summed E-state index contributed by atoms with van der Waals surface area (Å²) in [6.45, 7) is 5.69. The van der Waals surface area contributed by atoms with Crippen LogP contribution in [-0.4, -0.2) is 9.97 Å². The standard InChI is InChI=1S/C9H13N3O/c1-5(2)8-6-3-10-4-7(6)11-9(13)12-8/h5,10H,3-4H2,1-2H3,(H,11,12,13). The molecule has 0 saturated heterocycles. The molecule has 0 aliphatic carbocycles. The van der Waals surface area contributed by atoms with Gasteiger partial charge in [-0.15, -0.1) is 0 Å². The first-order chi connectivity index (χ1) is 6.18. The maximum absolute atomic E-state index is 11.2. The lowest BCUT2D eigenvalue weighted by atomic mass is 10.0. The molecule has 0 fully saturated rings. The van der Waals surface area contributed by atoms with Crippen molar-refractivity contribution < 1.29 is 0 Å². The Labute approximate surface area is 76.4 Å². The van der Waals surface area contributed by atoms with E-state index in [0.29, 0.717) is 5.92 Å². The molecule has 1 aliphatic rings. The SMILES string of the molecule is CC(C)c1nc(=O)[nH]c2c1CNC2. The Bertz CT molecular complexity index is 381. The van der Waals surface area contributed by atoms with Gasteiger partial charge in [-0.3, -0.25) is 0 Å². The molecule has 0 atom stereocenters. The zero-order chi connectivity index (χ0) is 9.42. The Morgan fingerprint density at radius 3 is 2.85 bits per heavy atom. The Balaban J connectivity index is 2.62. The number of nitrogens with zero attached hydrogens (tertiary/aromatic N) is 1. The van der Waals surface area contributed by atoms with Gasteiger partial charge in [0, 0.05) is 24.3 Å². The molecule has 0 aromatic carbocycles. The normalized spacial score (nSPS) is 15.0. The molecule has 0 bridgehead atoms. The highest BCUT2D eigenvalue weighted by atomic mass is 16.1. The van der Waals surface area contributed by atoms with Gasteiger partial charge in [-0.25, -0.2) is 4.79 Å². The van der Waals surface area contributed by atoms with Crippen molar-refractivity contribution in [3.63, 3.8) is 0 Å². The first-order valence-electron chi connectivity index (χ1n) is 4.51. The molecule has 70 valence electrons. The monoisotopic (exact) mass is 179 g/mol. The third-order valence-electron chi connectivity index (χ3n) is 2.30. The fraction of sp³-hybridized carbons (Fsp3) is 0.556. The van der Waals surface area contributed by atoms with E-state index in [2.05, 4.69) is 29.1 Å². The molecule has 4 nitrogen and oxygen atoms in total.